The Bertz CT molecular complexity index is 2260. The lowest BCUT2D eigenvalue weighted by Crippen LogP contribution is -2.27. The van der Waals surface area contributed by atoms with E-state index in [1.165, 1.54) is 113 Å². The number of allylic oxidation sites excluding steroid dienone is 4. The summed E-state index contributed by atoms with van der Waals surface area (Å²) in [4.78, 5) is 0. The van der Waals surface area contributed by atoms with Crippen LogP contribution in [0.5, 0.6) is 0 Å². The van der Waals surface area contributed by atoms with Gasteiger partial charge in [-0.3, -0.25) is 0 Å². The minimum Gasteiger partial charge on any atom is -0.378 e. The molecule has 0 amide bonds. The number of hydrogen-bond acceptors (Lipinski definition) is 6. The van der Waals surface area contributed by atoms with Crippen LogP contribution in [-0.2, 0) is 28.4 Å². The quantitative estimate of drug-likeness (QED) is 0.164. The molecule has 0 aromatic heterocycles. The largest absolute Gasteiger partial charge is 0.378 e. The van der Waals surface area contributed by atoms with Crippen molar-refractivity contribution in [2.75, 3.05) is 39.6 Å². The van der Waals surface area contributed by atoms with E-state index >= 15 is 0 Å². The van der Waals surface area contributed by atoms with Crippen LogP contribution in [0.25, 0.3) is 0 Å². The molecule has 4 heterocycles. The molecule has 6 unspecified atom stereocenters. The molecule has 1 saturated carbocycles. The zero-order valence-corrected chi connectivity index (χ0v) is 62.7. The van der Waals surface area contributed by atoms with Gasteiger partial charge in [-0.2, -0.15) is 0 Å². The van der Waals surface area contributed by atoms with E-state index in [-0.39, 0.29) is 30.0 Å². The van der Waals surface area contributed by atoms with Crippen LogP contribution in [0.15, 0.2) is 96.1 Å². The van der Waals surface area contributed by atoms with Crippen LogP contribution in [0.1, 0.15) is 237 Å². The Kier molecular flexibility index (Phi) is 46.2. The molecule has 9 heteroatoms. The van der Waals surface area contributed by atoms with E-state index in [9.17, 15) is 13.2 Å². The Hall–Kier alpha value is -4.09. The maximum atomic E-state index is 13.0. The number of hydrogen-bond donors (Lipinski definition) is 0. The Morgan fingerprint density at radius 2 is 0.587 bits per heavy atom. The van der Waals surface area contributed by atoms with Crippen molar-refractivity contribution in [2.24, 2.45) is 47.3 Å². The van der Waals surface area contributed by atoms with E-state index < -0.39 is 0 Å². The lowest BCUT2D eigenvalue weighted by atomic mass is 9.84. The predicted octanol–water partition coefficient (Wildman–Crippen LogP) is 24.0. The number of ether oxygens (including phenoxy) is 6. The summed E-state index contributed by atoms with van der Waals surface area (Å²) in [6.07, 6.45) is 25.0. The minimum atomic E-state index is -0.116. The van der Waals surface area contributed by atoms with Crippen LogP contribution in [0.4, 0.5) is 13.2 Å². The predicted molar refractivity (Wildman–Crippen MR) is 387 cm³/mol. The van der Waals surface area contributed by atoms with Crippen LogP contribution in [0.2, 0.25) is 0 Å². The van der Waals surface area contributed by atoms with E-state index in [1.807, 2.05) is 52.8 Å². The molecule has 11 rings (SSSR count). The molecule has 0 spiro atoms. The highest BCUT2D eigenvalue weighted by Crippen LogP contribution is 2.28. The summed E-state index contributed by atoms with van der Waals surface area (Å²) >= 11 is 0. The van der Waals surface area contributed by atoms with Crippen LogP contribution in [0, 0.1) is 127 Å². The van der Waals surface area contributed by atoms with Crippen molar-refractivity contribution in [2.45, 2.75) is 274 Å². The molecule has 6 atom stereocenters. The van der Waals surface area contributed by atoms with Crippen molar-refractivity contribution in [1.82, 2.24) is 0 Å². The third-order valence-electron chi connectivity index (χ3n) is 17.8. The highest BCUT2D eigenvalue weighted by Gasteiger charge is 2.17. The van der Waals surface area contributed by atoms with Gasteiger partial charge in [0.25, 0.3) is 0 Å². The summed E-state index contributed by atoms with van der Waals surface area (Å²) in [6.45, 7) is 53.0. The molecule has 0 radical (unpaired) electrons. The molecule has 4 aromatic carbocycles. The highest BCUT2D eigenvalue weighted by atomic mass is 19.1. The summed E-state index contributed by atoms with van der Waals surface area (Å²) in [5.41, 5.74) is 11.7. The van der Waals surface area contributed by atoms with Gasteiger partial charge in [0.15, 0.2) is 12.6 Å². The van der Waals surface area contributed by atoms with Gasteiger partial charge in [-0.1, -0.05) is 176 Å². The van der Waals surface area contributed by atoms with Gasteiger partial charge in [0.1, 0.15) is 17.5 Å². The second-order valence-electron chi connectivity index (χ2n) is 28.9. The molecule has 5 fully saturated rings. The van der Waals surface area contributed by atoms with Gasteiger partial charge in [-0.05, 0) is 255 Å². The Morgan fingerprint density at radius 3 is 0.826 bits per heavy atom. The SMILES string of the molecule is CC1=CCC(C)CC1.CC1=CCC(C)CC1.CC1CCC(C)CC1.CC1CCC(C)OC1.CC1CCC(C)OC1.CC1COC(C)OC1.CC1COC(C)OC1.Cc1ccc(C)c(F)c1.Cc1ccc(C)c(F)c1.Cc1ccc(C)c(F)c1C.Cc1ccc(C)cc1. The number of benzene rings is 4. The highest BCUT2D eigenvalue weighted by molar-refractivity contribution is 5.31. The molecular formula is C83H135F3O6. The zero-order chi connectivity index (χ0) is 69.3. The minimum absolute atomic E-state index is 0.0196. The van der Waals surface area contributed by atoms with Crippen LogP contribution in [0.3, 0.4) is 0 Å². The molecule has 7 aliphatic rings. The first kappa shape index (κ1) is 85.9. The summed E-state index contributed by atoms with van der Waals surface area (Å²) in [5.74, 6) is 6.37. The van der Waals surface area contributed by atoms with Crippen molar-refractivity contribution >= 4 is 0 Å². The summed E-state index contributed by atoms with van der Waals surface area (Å²) in [7, 11) is 0. The second kappa shape index (κ2) is 49.4. The Balaban J connectivity index is 0.000000506. The van der Waals surface area contributed by atoms with Gasteiger partial charge in [0, 0.05) is 25.0 Å². The average molecular weight is 1290 g/mol. The fraction of sp³-hybridized carbons (Fsp3) is 0.663. The second-order valence-corrected chi connectivity index (χ2v) is 28.9. The molecule has 4 aromatic rings. The van der Waals surface area contributed by atoms with Crippen molar-refractivity contribution in [3.63, 3.8) is 0 Å². The molecular weight excluding hydrogens is 1150 g/mol. The molecule has 4 aliphatic heterocycles. The standard InChI is InChI=1S/C9H11F.2C8H9F.C8H16.2C8H14.C8H10.2C7H14O.2C6H12O2/c1-6-4-5-7(2)9(10)8(6)3;2*1-6-3-4-7(2)8(9)5-6;4*1-7-3-5-8(2)6-4-7;2*1-6-3-4-7(2)8-5-6;2*1-5-3-7-6(2)8-4-5/h4-5H,1-3H3;2*3-5H,1-2H3;7-8H,3-6H2,1-2H3;2*3,8H,4-6H2,1-2H3;3-6H,1-2H3;2*6-7H,3-5H2,1-2H3;2*5-6H,3-4H2,1-2H3. The molecule has 0 N–H and O–H groups in total. The topological polar surface area (TPSA) is 55.4 Å². The maximum absolute atomic E-state index is 13.0. The van der Waals surface area contributed by atoms with Crippen molar-refractivity contribution < 1.29 is 41.6 Å². The van der Waals surface area contributed by atoms with Gasteiger partial charge in [0.2, 0.25) is 0 Å². The summed E-state index contributed by atoms with van der Waals surface area (Å²) in [6, 6.07) is 22.7. The summed E-state index contributed by atoms with van der Waals surface area (Å²) < 4.78 is 69.6. The number of halogens is 3. The van der Waals surface area contributed by atoms with E-state index in [0.717, 1.165) is 103 Å². The zero-order valence-electron chi connectivity index (χ0n) is 62.7. The van der Waals surface area contributed by atoms with E-state index in [4.69, 9.17) is 28.4 Å². The smallest absolute Gasteiger partial charge is 0.154 e. The van der Waals surface area contributed by atoms with E-state index in [0.29, 0.717) is 35.2 Å². The first-order chi connectivity index (χ1) is 43.3. The van der Waals surface area contributed by atoms with Gasteiger partial charge < -0.3 is 28.4 Å². The van der Waals surface area contributed by atoms with Gasteiger partial charge >= 0.3 is 0 Å². The van der Waals surface area contributed by atoms with Crippen molar-refractivity contribution in [3.05, 3.63) is 164 Å². The third-order valence-corrected chi connectivity index (χ3v) is 17.8. The molecule has 0 bridgehead atoms. The van der Waals surface area contributed by atoms with Crippen LogP contribution < -0.4 is 0 Å². The van der Waals surface area contributed by atoms with E-state index in [2.05, 4.69) is 133 Å². The van der Waals surface area contributed by atoms with Gasteiger partial charge in [-0.15, -0.1) is 0 Å². The molecule has 4 saturated heterocycles. The Morgan fingerprint density at radius 1 is 0.293 bits per heavy atom. The molecule has 6 nitrogen and oxygen atoms in total. The normalized spacial score (nSPS) is 26.2. The van der Waals surface area contributed by atoms with E-state index in [1.54, 1.807) is 57.0 Å². The molecule has 524 valence electrons. The first-order valence-corrected chi connectivity index (χ1v) is 35.5. The lowest BCUT2D eigenvalue weighted by molar-refractivity contribution is -0.187. The molecule has 92 heavy (non-hydrogen) atoms. The van der Waals surface area contributed by atoms with Gasteiger partial charge in [0.05, 0.1) is 38.6 Å². The lowest BCUT2D eigenvalue weighted by Gasteiger charge is -2.24. The Labute approximate surface area is 563 Å². The maximum Gasteiger partial charge on any atom is 0.154 e. The fourth-order valence-electron chi connectivity index (χ4n) is 9.99. The van der Waals surface area contributed by atoms with Crippen LogP contribution >= 0.6 is 0 Å². The van der Waals surface area contributed by atoms with Gasteiger partial charge in [-0.25, -0.2) is 13.2 Å². The number of aryl methyl sites for hydroxylation is 8. The third kappa shape index (κ3) is 43.8. The average Bonchev–Trinajstić information content (AvgIpc) is 1.70. The molecule has 3 aliphatic carbocycles. The number of rotatable bonds is 0. The first-order valence-electron chi connectivity index (χ1n) is 35.5. The monoisotopic (exact) mass is 1290 g/mol. The van der Waals surface area contributed by atoms with Crippen molar-refractivity contribution in [1.29, 1.82) is 0 Å². The van der Waals surface area contributed by atoms with Crippen LogP contribution in [-0.4, -0.2) is 64.4 Å². The fourth-order valence-corrected chi connectivity index (χ4v) is 9.99. The van der Waals surface area contributed by atoms with Crippen molar-refractivity contribution in [3.8, 4) is 0 Å². The summed E-state index contributed by atoms with van der Waals surface area (Å²) in [5, 5.41) is 0.